The number of carbonyl (C=O) groups is 4. The Bertz CT molecular complexity index is 707. The first-order valence-corrected chi connectivity index (χ1v) is 11.0. The van der Waals surface area contributed by atoms with Gasteiger partial charge < -0.3 is 15.4 Å². The zero-order valence-corrected chi connectivity index (χ0v) is 17.3. The Balaban J connectivity index is 1.80. The summed E-state index contributed by atoms with van der Waals surface area (Å²) in [5.74, 6) is -1.19. The summed E-state index contributed by atoms with van der Waals surface area (Å²) in [6.07, 6.45) is 6.16. The third-order valence-electron chi connectivity index (χ3n) is 4.53. The summed E-state index contributed by atoms with van der Waals surface area (Å²) in [7, 11) is 0. The number of urea groups is 1. The number of nitrogens with one attached hydrogen (secondary N) is 3. The maximum atomic E-state index is 12.4. The van der Waals surface area contributed by atoms with Crippen LogP contribution in [0.15, 0.2) is 30.3 Å². The summed E-state index contributed by atoms with van der Waals surface area (Å²) in [5.41, 5.74) is 0.427. The van der Waals surface area contributed by atoms with E-state index in [9.17, 15) is 19.2 Å². The molecule has 2 rings (SSSR count). The van der Waals surface area contributed by atoms with Gasteiger partial charge in [0, 0.05) is 11.6 Å². The molecule has 0 saturated heterocycles. The number of amides is 4. The average Bonchev–Trinajstić information content (AvgIpc) is 3.22. The monoisotopic (exact) mass is 421 g/mol. The summed E-state index contributed by atoms with van der Waals surface area (Å²) in [6.45, 7) is -0.589. The molecule has 3 N–H and O–H groups in total. The Labute approximate surface area is 174 Å². The number of imide groups is 1. The van der Waals surface area contributed by atoms with Crippen LogP contribution in [-0.4, -0.2) is 54.5 Å². The minimum atomic E-state index is -0.879. The van der Waals surface area contributed by atoms with Gasteiger partial charge in [0.25, 0.3) is 11.8 Å². The van der Waals surface area contributed by atoms with Crippen molar-refractivity contribution in [1.29, 1.82) is 0 Å². The molecule has 1 atom stereocenters. The third-order valence-corrected chi connectivity index (χ3v) is 5.17. The van der Waals surface area contributed by atoms with E-state index in [1.807, 2.05) is 6.26 Å². The van der Waals surface area contributed by atoms with E-state index >= 15 is 0 Å². The lowest BCUT2D eigenvalue weighted by Gasteiger charge is -2.17. The van der Waals surface area contributed by atoms with Crippen molar-refractivity contribution in [2.45, 2.75) is 44.2 Å². The highest BCUT2D eigenvalue weighted by molar-refractivity contribution is 7.98. The molecule has 0 bridgehead atoms. The van der Waals surface area contributed by atoms with E-state index < -0.39 is 36.5 Å². The van der Waals surface area contributed by atoms with Gasteiger partial charge in [-0.1, -0.05) is 31.0 Å². The van der Waals surface area contributed by atoms with Crippen molar-refractivity contribution in [1.82, 2.24) is 16.0 Å². The zero-order valence-electron chi connectivity index (χ0n) is 16.4. The second-order valence-corrected chi connectivity index (χ2v) is 7.77. The SMILES string of the molecule is CSCC[C@@H](NC(=O)c1ccccc1)C(=O)OCC(=O)NC(=O)NC1CCCC1. The largest absolute Gasteiger partial charge is 0.454 e. The van der Waals surface area contributed by atoms with Crippen molar-refractivity contribution >= 4 is 35.6 Å². The zero-order chi connectivity index (χ0) is 21.1. The van der Waals surface area contributed by atoms with Gasteiger partial charge in [-0.25, -0.2) is 9.59 Å². The van der Waals surface area contributed by atoms with Gasteiger partial charge in [-0.05, 0) is 43.4 Å². The Morgan fingerprint density at radius 1 is 1.14 bits per heavy atom. The molecular formula is C20H27N3O5S. The summed E-state index contributed by atoms with van der Waals surface area (Å²) in [5, 5.41) is 7.52. The number of esters is 1. The lowest BCUT2D eigenvalue weighted by atomic mass is 10.1. The van der Waals surface area contributed by atoms with Crippen LogP contribution in [0.25, 0.3) is 0 Å². The van der Waals surface area contributed by atoms with E-state index in [2.05, 4.69) is 16.0 Å². The van der Waals surface area contributed by atoms with Crippen LogP contribution in [0, 0.1) is 0 Å². The number of carbonyl (C=O) groups excluding carboxylic acids is 4. The predicted octanol–water partition coefficient (Wildman–Crippen LogP) is 1.85. The van der Waals surface area contributed by atoms with Gasteiger partial charge in [0.05, 0.1) is 0 Å². The molecule has 1 aliphatic carbocycles. The number of thioether (sulfide) groups is 1. The van der Waals surface area contributed by atoms with Crippen molar-refractivity contribution < 1.29 is 23.9 Å². The average molecular weight is 422 g/mol. The van der Waals surface area contributed by atoms with Crippen molar-refractivity contribution in [2.75, 3.05) is 18.6 Å². The van der Waals surface area contributed by atoms with Crippen molar-refractivity contribution in [2.24, 2.45) is 0 Å². The highest BCUT2D eigenvalue weighted by Crippen LogP contribution is 2.17. The van der Waals surface area contributed by atoms with Gasteiger partial charge in [0.2, 0.25) is 0 Å². The van der Waals surface area contributed by atoms with Gasteiger partial charge in [-0.3, -0.25) is 14.9 Å². The normalized spacial score (nSPS) is 14.7. The molecule has 0 aliphatic heterocycles. The lowest BCUT2D eigenvalue weighted by Crippen LogP contribution is -2.46. The minimum Gasteiger partial charge on any atom is -0.454 e. The fourth-order valence-corrected chi connectivity index (χ4v) is 3.48. The van der Waals surface area contributed by atoms with Gasteiger partial charge in [0.1, 0.15) is 6.04 Å². The Morgan fingerprint density at radius 3 is 2.48 bits per heavy atom. The molecule has 1 saturated carbocycles. The quantitative estimate of drug-likeness (QED) is 0.525. The van der Waals surface area contributed by atoms with Gasteiger partial charge in [0.15, 0.2) is 6.61 Å². The van der Waals surface area contributed by atoms with Crippen LogP contribution >= 0.6 is 11.8 Å². The van der Waals surface area contributed by atoms with E-state index in [0.717, 1.165) is 25.7 Å². The smallest absolute Gasteiger partial charge is 0.329 e. The molecule has 1 aliphatic rings. The molecule has 1 fully saturated rings. The summed E-state index contributed by atoms with van der Waals surface area (Å²) < 4.78 is 5.02. The second kappa shape index (κ2) is 12.1. The summed E-state index contributed by atoms with van der Waals surface area (Å²) in [4.78, 5) is 48.3. The number of hydrogen-bond acceptors (Lipinski definition) is 6. The molecule has 0 aromatic heterocycles. The van der Waals surface area contributed by atoms with E-state index in [1.165, 1.54) is 11.8 Å². The Hall–Kier alpha value is -2.55. The number of hydrogen-bond donors (Lipinski definition) is 3. The van der Waals surface area contributed by atoms with Gasteiger partial charge in [-0.2, -0.15) is 11.8 Å². The van der Waals surface area contributed by atoms with E-state index in [4.69, 9.17) is 4.74 Å². The minimum absolute atomic E-state index is 0.0782. The van der Waals surface area contributed by atoms with Crippen LogP contribution in [0.1, 0.15) is 42.5 Å². The van der Waals surface area contributed by atoms with Crippen LogP contribution in [0.3, 0.4) is 0 Å². The van der Waals surface area contributed by atoms with Crippen molar-refractivity contribution in [3.63, 3.8) is 0 Å². The first kappa shape index (κ1) is 22.7. The van der Waals surface area contributed by atoms with Crippen LogP contribution in [0.4, 0.5) is 4.79 Å². The molecule has 29 heavy (non-hydrogen) atoms. The van der Waals surface area contributed by atoms with Crippen LogP contribution in [-0.2, 0) is 14.3 Å². The second-order valence-electron chi connectivity index (χ2n) is 6.78. The van der Waals surface area contributed by atoms with E-state index in [1.54, 1.807) is 30.3 Å². The van der Waals surface area contributed by atoms with E-state index in [-0.39, 0.29) is 6.04 Å². The first-order valence-electron chi connectivity index (χ1n) is 9.61. The maximum Gasteiger partial charge on any atom is 0.329 e. The van der Waals surface area contributed by atoms with Gasteiger partial charge in [-0.15, -0.1) is 0 Å². The van der Waals surface area contributed by atoms with Gasteiger partial charge >= 0.3 is 12.0 Å². The van der Waals surface area contributed by atoms with Crippen LogP contribution in [0.5, 0.6) is 0 Å². The molecule has 0 radical (unpaired) electrons. The maximum absolute atomic E-state index is 12.4. The first-order chi connectivity index (χ1) is 14.0. The van der Waals surface area contributed by atoms with Crippen molar-refractivity contribution in [3.8, 4) is 0 Å². The lowest BCUT2D eigenvalue weighted by molar-refractivity contribution is -0.150. The predicted molar refractivity (Wildman–Crippen MR) is 111 cm³/mol. The van der Waals surface area contributed by atoms with Crippen LogP contribution in [0.2, 0.25) is 0 Å². The topological polar surface area (TPSA) is 114 Å². The number of rotatable bonds is 9. The fourth-order valence-electron chi connectivity index (χ4n) is 3.01. The Kier molecular flexibility index (Phi) is 9.49. The molecule has 0 spiro atoms. The third kappa shape index (κ3) is 8.15. The number of benzene rings is 1. The molecule has 0 heterocycles. The summed E-state index contributed by atoms with van der Waals surface area (Å²) >= 11 is 1.53. The molecule has 1 aromatic rings. The molecule has 158 valence electrons. The highest BCUT2D eigenvalue weighted by atomic mass is 32.2. The highest BCUT2D eigenvalue weighted by Gasteiger charge is 2.24. The van der Waals surface area contributed by atoms with Crippen molar-refractivity contribution in [3.05, 3.63) is 35.9 Å². The van der Waals surface area contributed by atoms with E-state index in [0.29, 0.717) is 17.7 Å². The fraction of sp³-hybridized carbons (Fsp3) is 0.500. The number of ether oxygens (including phenoxy) is 1. The molecule has 9 heteroatoms. The Morgan fingerprint density at radius 2 is 1.83 bits per heavy atom. The molecule has 1 aromatic carbocycles. The molecule has 4 amide bonds. The summed E-state index contributed by atoms with van der Waals surface area (Å²) in [6, 6.07) is 7.14. The standard InChI is InChI=1S/C20H27N3O5S/c1-29-12-11-16(22-18(25)14-7-3-2-4-8-14)19(26)28-13-17(24)23-20(27)21-15-9-5-6-10-15/h2-4,7-8,15-16H,5-6,9-13H2,1H3,(H,22,25)(H2,21,23,24,27)/t16-/m1/s1. The van der Waals surface area contributed by atoms with Crippen LogP contribution < -0.4 is 16.0 Å². The molecule has 8 nitrogen and oxygen atoms in total. The molecular weight excluding hydrogens is 394 g/mol. The molecule has 0 unspecified atom stereocenters.